The molecule has 1 heterocycles. The molecule has 3 nitrogen and oxygen atoms in total. The van der Waals surface area contributed by atoms with Gasteiger partial charge in [-0.3, -0.25) is 4.90 Å². The van der Waals surface area contributed by atoms with E-state index >= 15 is 0 Å². The third kappa shape index (κ3) is 4.09. The largest absolute Gasteiger partial charge is 0.316 e. The van der Waals surface area contributed by atoms with Gasteiger partial charge in [0.15, 0.2) is 0 Å². The Morgan fingerprint density at radius 3 is 2.60 bits per heavy atom. The van der Waals surface area contributed by atoms with E-state index in [1.54, 1.807) is 0 Å². The lowest BCUT2D eigenvalue weighted by atomic mass is 10.2. The first-order valence-electron chi connectivity index (χ1n) is 6.48. The fourth-order valence-electron chi connectivity index (χ4n) is 2.47. The van der Waals surface area contributed by atoms with Gasteiger partial charge in [-0.25, -0.2) is 0 Å². The second-order valence-corrected chi connectivity index (χ2v) is 4.32. The van der Waals surface area contributed by atoms with E-state index in [1.807, 2.05) is 0 Å². The van der Waals surface area contributed by atoms with Crippen LogP contribution in [0.5, 0.6) is 0 Å². The highest BCUT2D eigenvalue weighted by Crippen LogP contribution is 2.14. The molecule has 0 aromatic rings. The maximum atomic E-state index is 3.39. The zero-order chi connectivity index (χ0) is 11.1. The summed E-state index contributed by atoms with van der Waals surface area (Å²) in [5.74, 6) is 0. The van der Waals surface area contributed by atoms with E-state index in [0.717, 1.165) is 19.1 Å². The first-order chi connectivity index (χ1) is 7.31. The molecule has 0 radical (unpaired) electrons. The zero-order valence-corrected chi connectivity index (χ0v) is 10.6. The molecule has 1 unspecified atom stereocenters. The molecule has 0 spiro atoms. The number of hydrogen-bond acceptors (Lipinski definition) is 3. The van der Waals surface area contributed by atoms with E-state index in [9.17, 15) is 0 Å². The minimum Gasteiger partial charge on any atom is -0.316 e. The van der Waals surface area contributed by atoms with Crippen LogP contribution in [0.25, 0.3) is 0 Å². The predicted molar refractivity (Wildman–Crippen MR) is 66.3 cm³/mol. The molecule has 0 aromatic carbocycles. The molecule has 1 atom stereocenters. The van der Waals surface area contributed by atoms with Gasteiger partial charge in [0, 0.05) is 25.7 Å². The van der Waals surface area contributed by atoms with Crippen LogP contribution in [0.15, 0.2) is 0 Å². The van der Waals surface area contributed by atoms with E-state index in [-0.39, 0.29) is 0 Å². The van der Waals surface area contributed by atoms with Crippen LogP contribution in [0, 0.1) is 0 Å². The van der Waals surface area contributed by atoms with Crippen molar-refractivity contribution >= 4 is 0 Å². The predicted octanol–water partition coefficient (Wildman–Crippen LogP) is 1.01. The van der Waals surface area contributed by atoms with E-state index in [4.69, 9.17) is 0 Å². The van der Waals surface area contributed by atoms with Gasteiger partial charge in [-0.2, -0.15) is 0 Å². The van der Waals surface area contributed by atoms with Crippen molar-refractivity contribution in [1.82, 2.24) is 15.1 Å². The standard InChI is InChI=1S/C12H27N3/c1-4-13-8-10-14-9-7-12(11-14)15(5-2)6-3/h12-13H,4-11H2,1-3H3. The molecular weight excluding hydrogens is 186 g/mol. The third-order valence-electron chi connectivity index (χ3n) is 3.43. The fourth-order valence-corrected chi connectivity index (χ4v) is 2.47. The maximum absolute atomic E-state index is 3.39. The summed E-state index contributed by atoms with van der Waals surface area (Å²) in [6.07, 6.45) is 1.35. The summed E-state index contributed by atoms with van der Waals surface area (Å²) < 4.78 is 0. The summed E-state index contributed by atoms with van der Waals surface area (Å²) in [7, 11) is 0. The van der Waals surface area contributed by atoms with Gasteiger partial charge in [-0.05, 0) is 32.6 Å². The molecule has 1 saturated heterocycles. The van der Waals surface area contributed by atoms with Crippen molar-refractivity contribution in [2.24, 2.45) is 0 Å². The summed E-state index contributed by atoms with van der Waals surface area (Å²) in [4.78, 5) is 5.18. The van der Waals surface area contributed by atoms with Gasteiger partial charge >= 0.3 is 0 Å². The normalized spacial score (nSPS) is 22.8. The highest BCUT2D eigenvalue weighted by Gasteiger charge is 2.25. The van der Waals surface area contributed by atoms with Gasteiger partial charge in [-0.15, -0.1) is 0 Å². The first-order valence-corrected chi connectivity index (χ1v) is 6.48. The molecule has 0 aromatic heterocycles. The minimum absolute atomic E-state index is 0.807. The molecular formula is C12H27N3. The van der Waals surface area contributed by atoms with E-state index < -0.39 is 0 Å². The Balaban J connectivity index is 2.19. The summed E-state index contributed by atoms with van der Waals surface area (Å²) in [5, 5.41) is 3.39. The highest BCUT2D eigenvalue weighted by atomic mass is 15.3. The molecule has 0 aliphatic carbocycles. The van der Waals surface area contributed by atoms with Crippen molar-refractivity contribution in [3.8, 4) is 0 Å². The van der Waals surface area contributed by atoms with Crippen molar-refractivity contribution in [1.29, 1.82) is 0 Å². The smallest absolute Gasteiger partial charge is 0.0235 e. The Morgan fingerprint density at radius 2 is 2.00 bits per heavy atom. The summed E-state index contributed by atoms with van der Waals surface area (Å²) >= 11 is 0. The Hall–Kier alpha value is -0.120. The lowest BCUT2D eigenvalue weighted by Crippen LogP contribution is -2.38. The average molecular weight is 213 g/mol. The molecule has 1 aliphatic rings. The average Bonchev–Trinajstić information content (AvgIpc) is 2.69. The zero-order valence-electron chi connectivity index (χ0n) is 10.6. The summed E-state index contributed by atoms with van der Waals surface area (Å²) in [6, 6.07) is 0.807. The molecule has 3 heteroatoms. The van der Waals surface area contributed by atoms with Gasteiger partial charge < -0.3 is 10.2 Å². The van der Waals surface area contributed by atoms with E-state index in [1.165, 1.54) is 39.1 Å². The van der Waals surface area contributed by atoms with Crippen molar-refractivity contribution in [3.05, 3.63) is 0 Å². The summed E-state index contributed by atoms with van der Waals surface area (Å²) in [5.41, 5.74) is 0. The number of nitrogens with zero attached hydrogens (tertiary/aromatic N) is 2. The summed E-state index contributed by atoms with van der Waals surface area (Å²) in [6.45, 7) is 15.1. The van der Waals surface area contributed by atoms with Crippen LogP contribution in [-0.2, 0) is 0 Å². The minimum atomic E-state index is 0.807. The molecule has 1 fully saturated rings. The Labute approximate surface area is 94.8 Å². The number of nitrogens with one attached hydrogen (secondary N) is 1. The highest BCUT2D eigenvalue weighted by molar-refractivity contribution is 4.82. The van der Waals surface area contributed by atoms with Crippen LogP contribution in [-0.4, -0.2) is 61.7 Å². The number of likely N-dealkylation sites (tertiary alicyclic amines) is 1. The van der Waals surface area contributed by atoms with Crippen LogP contribution in [0.4, 0.5) is 0 Å². The molecule has 0 saturated carbocycles. The van der Waals surface area contributed by atoms with Crippen LogP contribution in [0.3, 0.4) is 0 Å². The number of likely N-dealkylation sites (N-methyl/N-ethyl adjacent to an activating group) is 2. The fraction of sp³-hybridized carbons (Fsp3) is 1.00. The number of hydrogen-bond donors (Lipinski definition) is 1. The molecule has 1 aliphatic heterocycles. The maximum Gasteiger partial charge on any atom is 0.0235 e. The van der Waals surface area contributed by atoms with Crippen molar-refractivity contribution in [2.75, 3.05) is 45.8 Å². The monoisotopic (exact) mass is 213 g/mol. The van der Waals surface area contributed by atoms with E-state index in [0.29, 0.717) is 0 Å². The van der Waals surface area contributed by atoms with Crippen LogP contribution < -0.4 is 5.32 Å². The van der Waals surface area contributed by atoms with Crippen molar-refractivity contribution in [2.45, 2.75) is 33.2 Å². The Kier molecular flexibility index (Phi) is 6.22. The van der Waals surface area contributed by atoms with Crippen LogP contribution in [0.2, 0.25) is 0 Å². The molecule has 15 heavy (non-hydrogen) atoms. The molecule has 1 rings (SSSR count). The van der Waals surface area contributed by atoms with Gasteiger partial charge in [0.25, 0.3) is 0 Å². The van der Waals surface area contributed by atoms with E-state index in [2.05, 4.69) is 35.9 Å². The topological polar surface area (TPSA) is 18.5 Å². The molecule has 0 bridgehead atoms. The lowest BCUT2D eigenvalue weighted by molar-refractivity contribution is 0.211. The second-order valence-electron chi connectivity index (χ2n) is 4.32. The number of rotatable bonds is 7. The van der Waals surface area contributed by atoms with Gasteiger partial charge in [0.05, 0.1) is 0 Å². The van der Waals surface area contributed by atoms with Crippen LogP contribution >= 0.6 is 0 Å². The lowest BCUT2D eigenvalue weighted by Gasteiger charge is -2.26. The molecule has 1 N–H and O–H groups in total. The van der Waals surface area contributed by atoms with Gasteiger partial charge in [0.2, 0.25) is 0 Å². The van der Waals surface area contributed by atoms with Crippen molar-refractivity contribution in [3.63, 3.8) is 0 Å². The molecule has 0 amide bonds. The quantitative estimate of drug-likeness (QED) is 0.637. The van der Waals surface area contributed by atoms with Crippen LogP contribution in [0.1, 0.15) is 27.2 Å². The van der Waals surface area contributed by atoms with Gasteiger partial charge in [0.1, 0.15) is 0 Å². The Morgan fingerprint density at radius 1 is 1.27 bits per heavy atom. The molecule has 90 valence electrons. The first kappa shape index (κ1) is 12.9. The Bertz CT molecular complexity index is 157. The SMILES string of the molecule is CCNCCN1CCC(N(CC)CC)C1. The van der Waals surface area contributed by atoms with Gasteiger partial charge in [-0.1, -0.05) is 20.8 Å². The van der Waals surface area contributed by atoms with Crippen molar-refractivity contribution < 1.29 is 0 Å². The third-order valence-corrected chi connectivity index (χ3v) is 3.43. The second kappa shape index (κ2) is 7.20.